The number of fused-ring (bicyclic) bond motifs is 2. The third kappa shape index (κ3) is 2.84. The number of nitrogens with zero attached hydrogens (tertiary/aromatic N) is 4. The van der Waals surface area contributed by atoms with Gasteiger partial charge in [-0.2, -0.15) is 0 Å². The molecule has 3 fully saturated rings. The third-order valence-corrected chi connectivity index (χ3v) is 5.53. The predicted octanol–water partition coefficient (Wildman–Crippen LogP) is 2.70. The zero-order chi connectivity index (χ0) is 17.6. The van der Waals surface area contributed by atoms with Gasteiger partial charge in [0, 0.05) is 43.0 Å². The van der Waals surface area contributed by atoms with Crippen LogP contribution >= 0.6 is 0 Å². The van der Waals surface area contributed by atoms with E-state index in [2.05, 4.69) is 26.7 Å². The Kier molecular flexibility index (Phi) is 4.07. The summed E-state index contributed by atoms with van der Waals surface area (Å²) >= 11 is 0. The second kappa shape index (κ2) is 6.26. The number of ether oxygens (including phenoxy) is 1. The first kappa shape index (κ1) is 16.3. The van der Waals surface area contributed by atoms with E-state index in [-0.39, 0.29) is 5.82 Å². The second-order valence-electron chi connectivity index (χ2n) is 7.00. The molecule has 3 saturated heterocycles. The van der Waals surface area contributed by atoms with Crippen molar-refractivity contribution in [3.63, 3.8) is 0 Å². The van der Waals surface area contributed by atoms with Crippen molar-refractivity contribution in [3.8, 4) is 5.75 Å². The number of piperazine rings is 1. The average molecular weight is 342 g/mol. The Morgan fingerprint density at radius 1 is 1.20 bits per heavy atom. The summed E-state index contributed by atoms with van der Waals surface area (Å²) in [4.78, 5) is 13.6. The zero-order valence-corrected chi connectivity index (χ0v) is 14.9. The molecule has 0 N–H and O–H groups in total. The second-order valence-corrected chi connectivity index (χ2v) is 7.00. The molecular formula is C19H23FN4O. The molecule has 25 heavy (non-hydrogen) atoms. The van der Waals surface area contributed by atoms with E-state index in [0.717, 1.165) is 42.3 Å². The summed E-state index contributed by atoms with van der Waals surface area (Å²) in [6, 6.07) is 6.24. The molecule has 5 nitrogen and oxygen atoms in total. The van der Waals surface area contributed by atoms with Crippen LogP contribution in [-0.2, 0) is 6.54 Å². The highest BCUT2D eigenvalue weighted by molar-refractivity contribution is 5.49. The number of aryl methyl sites for hydroxylation is 1. The van der Waals surface area contributed by atoms with Gasteiger partial charge in [-0.3, -0.25) is 4.90 Å². The molecule has 1 aromatic heterocycles. The summed E-state index contributed by atoms with van der Waals surface area (Å²) in [5, 5.41) is 0. The van der Waals surface area contributed by atoms with Gasteiger partial charge >= 0.3 is 0 Å². The molecule has 2 aromatic rings. The minimum absolute atomic E-state index is 0.292. The van der Waals surface area contributed by atoms with Crippen molar-refractivity contribution in [2.75, 3.05) is 25.1 Å². The molecule has 4 heterocycles. The maximum absolute atomic E-state index is 13.9. The Morgan fingerprint density at radius 2 is 1.96 bits per heavy atom. The van der Waals surface area contributed by atoms with E-state index in [4.69, 9.17) is 4.74 Å². The lowest BCUT2D eigenvalue weighted by Crippen LogP contribution is -2.68. The topological polar surface area (TPSA) is 41.5 Å². The Hall–Kier alpha value is -2.21. The van der Waals surface area contributed by atoms with Crippen molar-refractivity contribution in [3.05, 3.63) is 47.2 Å². The number of methoxy groups -OCH3 is 1. The van der Waals surface area contributed by atoms with Crippen molar-refractivity contribution >= 4 is 5.82 Å². The molecule has 1 aromatic carbocycles. The van der Waals surface area contributed by atoms with Gasteiger partial charge in [0.2, 0.25) is 0 Å². The minimum atomic E-state index is -0.292. The molecule has 132 valence electrons. The Balaban J connectivity index is 1.45. The molecule has 0 amide bonds. The standard InChI is InChI=1S/C19H23FN4O/c1-12-13(2)21-11-22-19(12)23-9-15-7-16(10-23)24(15)8-14-4-5-18(25-3)17(20)6-14/h4-6,11,15-16H,7-10H2,1-3H3. The van der Waals surface area contributed by atoms with Crippen molar-refractivity contribution in [2.24, 2.45) is 0 Å². The van der Waals surface area contributed by atoms with E-state index in [9.17, 15) is 4.39 Å². The third-order valence-electron chi connectivity index (χ3n) is 5.53. The van der Waals surface area contributed by atoms with Crippen LogP contribution in [0.1, 0.15) is 23.2 Å². The van der Waals surface area contributed by atoms with Gasteiger partial charge in [0.1, 0.15) is 12.1 Å². The van der Waals surface area contributed by atoms with Crippen LogP contribution in [0.2, 0.25) is 0 Å². The fraction of sp³-hybridized carbons (Fsp3) is 0.474. The van der Waals surface area contributed by atoms with E-state index >= 15 is 0 Å². The highest BCUT2D eigenvalue weighted by Gasteiger charge is 2.45. The predicted molar refractivity (Wildman–Crippen MR) is 94.4 cm³/mol. The highest BCUT2D eigenvalue weighted by atomic mass is 19.1. The number of hydrogen-bond donors (Lipinski definition) is 0. The maximum atomic E-state index is 13.9. The van der Waals surface area contributed by atoms with Crippen LogP contribution in [-0.4, -0.2) is 47.2 Å². The summed E-state index contributed by atoms with van der Waals surface area (Å²) in [5.74, 6) is 1.06. The molecule has 0 spiro atoms. The van der Waals surface area contributed by atoms with E-state index in [0.29, 0.717) is 17.8 Å². The maximum Gasteiger partial charge on any atom is 0.165 e. The van der Waals surface area contributed by atoms with Crippen molar-refractivity contribution in [1.29, 1.82) is 0 Å². The minimum Gasteiger partial charge on any atom is -0.494 e. The monoisotopic (exact) mass is 342 g/mol. The first-order chi connectivity index (χ1) is 12.1. The summed E-state index contributed by atoms with van der Waals surface area (Å²) in [6.07, 6.45) is 2.86. The Labute approximate surface area is 147 Å². The van der Waals surface area contributed by atoms with Crippen molar-refractivity contribution in [2.45, 2.75) is 38.9 Å². The van der Waals surface area contributed by atoms with E-state index in [1.54, 1.807) is 18.5 Å². The van der Waals surface area contributed by atoms with Gasteiger partial charge in [0.25, 0.3) is 0 Å². The van der Waals surface area contributed by atoms with Crippen LogP contribution < -0.4 is 9.64 Å². The quantitative estimate of drug-likeness (QED) is 0.855. The van der Waals surface area contributed by atoms with Gasteiger partial charge in [-0.1, -0.05) is 6.07 Å². The first-order valence-corrected chi connectivity index (χ1v) is 8.68. The first-order valence-electron chi connectivity index (χ1n) is 8.68. The lowest BCUT2D eigenvalue weighted by molar-refractivity contribution is -0.00880. The lowest BCUT2D eigenvalue weighted by Gasteiger charge is -2.57. The van der Waals surface area contributed by atoms with Crippen LogP contribution in [0.3, 0.4) is 0 Å². The normalized spacial score (nSPS) is 22.6. The molecule has 0 saturated carbocycles. The molecule has 0 aliphatic carbocycles. The lowest BCUT2D eigenvalue weighted by atomic mass is 9.86. The molecule has 0 radical (unpaired) electrons. The van der Waals surface area contributed by atoms with Crippen LogP contribution in [0, 0.1) is 19.7 Å². The summed E-state index contributed by atoms with van der Waals surface area (Å²) in [5.41, 5.74) is 3.19. The molecule has 3 aliphatic heterocycles. The van der Waals surface area contributed by atoms with Gasteiger partial charge in [-0.15, -0.1) is 0 Å². The molecule has 2 unspecified atom stereocenters. The fourth-order valence-corrected chi connectivity index (χ4v) is 3.98. The number of benzene rings is 1. The van der Waals surface area contributed by atoms with E-state index in [1.807, 2.05) is 13.0 Å². The van der Waals surface area contributed by atoms with Crippen LogP contribution in [0.15, 0.2) is 24.5 Å². The van der Waals surface area contributed by atoms with Crippen LogP contribution in [0.5, 0.6) is 5.75 Å². The molecule has 2 atom stereocenters. The summed E-state index contributed by atoms with van der Waals surface area (Å²) in [6.45, 7) is 6.82. The number of anilines is 1. The van der Waals surface area contributed by atoms with Gasteiger partial charge in [-0.25, -0.2) is 14.4 Å². The number of hydrogen-bond acceptors (Lipinski definition) is 5. The van der Waals surface area contributed by atoms with Crippen LogP contribution in [0.4, 0.5) is 10.2 Å². The van der Waals surface area contributed by atoms with Gasteiger partial charge < -0.3 is 9.64 Å². The number of piperidine rings is 1. The number of rotatable bonds is 4. The summed E-state index contributed by atoms with van der Waals surface area (Å²) < 4.78 is 18.9. The largest absolute Gasteiger partial charge is 0.494 e. The van der Waals surface area contributed by atoms with Crippen molar-refractivity contribution < 1.29 is 9.13 Å². The van der Waals surface area contributed by atoms with Crippen molar-refractivity contribution in [1.82, 2.24) is 14.9 Å². The molecule has 6 heteroatoms. The number of aromatic nitrogens is 2. The smallest absolute Gasteiger partial charge is 0.165 e. The van der Waals surface area contributed by atoms with Gasteiger partial charge in [-0.05, 0) is 38.0 Å². The molecular weight excluding hydrogens is 319 g/mol. The Bertz CT molecular complexity index is 785. The Morgan fingerprint density at radius 3 is 2.64 bits per heavy atom. The number of halogens is 1. The zero-order valence-electron chi connectivity index (χ0n) is 14.9. The molecule has 2 bridgehead atoms. The average Bonchev–Trinajstić information content (AvgIpc) is 2.62. The fourth-order valence-electron chi connectivity index (χ4n) is 3.98. The highest BCUT2D eigenvalue weighted by Crippen LogP contribution is 2.36. The van der Waals surface area contributed by atoms with E-state index in [1.165, 1.54) is 13.5 Å². The molecule has 3 aliphatic rings. The van der Waals surface area contributed by atoms with Crippen LogP contribution in [0.25, 0.3) is 0 Å². The van der Waals surface area contributed by atoms with Gasteiger partial charge in [0.15, 0.2) is 11.6 Å². The molecule has 5 rings (SSSR count). The van der Waals surface area contributed by atoms with Gasteiger partial charge in [0.05, 0.1) is 7.11 Å². The summed E-state index contributed by atoms with van der Waals surface area (Å²) in [7, 11) is 1.49. The van der Waals surface area contributed by atoms with E-state index < -0.39 is 0 Å². The SMILES string of the molecule is COc1ccc(CN2C3CC2CN(c2ncnc(C)c2C)C3)cc1F.